The second-order valence-corrected chi connectivity index (χ2v) is 2.57. The molecule has 0 unspecified atom stereocenters. The molecule has 13 heavy (non-hydrogen) atoms. The van der Waals surface area contributed by atoms with Gasteiger partial charge in [0.1, 0.15) is 5.82 Å². The maximum absolute atomic E-state index is 13.2. The van der Waals surface area contributed by atoms with Crippen molar-refractivity contribution in [1.29, 1.82) is 0 Å². The lowest BCUT2D eigenvalue weighted by Crippen LogP contribution is -1.99. The van der Waals surface area contributed by atoms with Gasteiger partial charge in [-0.05, 0) is 12.1 Å². The molecule has 4 nitrogen and oxygen atoms in total. The van der Waals surface area contributed by atoms with Gasteiger partial charge in [-0.2, -0.15) is 4.39 Å². The molecule has 0 atom stereocenters. The highest BCUT2D eigenvalue weighted by molar-refractivity contribution is 5.58. The smallest absolute Gasteiger partial charge is 0.201 e. The molecule has 0 fully saturated rings. The minimum absolute atomic E-state index is 0.256. The van der Waals surface area contributed by atoms with E-state index in [1.54, 1.807) is 0 Å². The van der Waals surface area contributed by atoms with Crippen molar-refractivity contribution in [3.63, 3.8) is 0 Å². The Hall–Kier alpha value is -1.78. The van der Waals surface area contributed by atoms with Gasteiger partial charge in [0.2, 0.25) is 5.95 Å². The summed E-state index contributed by atoms with van der Waals surface area (Å²) in [6.07, 6.45) is 1.39. The summed E-state index contributed by atoms with van der Waals surface area (Å²) in [5.41, 5.74) is 5.89. The van der Waals surface area contributed by atoms with E-state index in [2.05, 4.69) is 4.98 Å². The number of nitrogens with two attached hydrogens (primary N) is 1. The monoisotopic (exact) mass is 181 g/mol. The van der Waals surface area contributed by atoms with Crippen LogP contribution in [0, 0.1) is 5.95 Å². The summed E-state index contributed by atoms with van der Waals surface area (Å²) in [7, 11) is 1.50. The molecule has 2 N–H and O–H groups in total. The van der Waals surface area contributed by atoms with Gasteiger partial charge in [0, 0.05) is 0 Å². The zero-order valence-electron chi connectivity index (χ0n) is 6.99. The van der Waals surface area contributed by atoms with Crippen molar-refractivity contribution in [2.45, 2.75) is 0 Å². The lowest BCUT2D eigenvalue weighted by Gasteiger charge is -2.03. The summed E-state index contributed by atoms with van der Waals surface area (Å²) in [4.78, 5) is 3.92. The largest absolute Gasteiger partial charge is 0.493 e. The van der Waals surface area contributed by atoms with Crippen molar-refractivity contribution in [1.82, 2.24) is 9.38 Å². The Morgan fingerprint density at radius 3 is 3.00 bits per heavy atom. The van der Waals surface area contributed by atoms with Gasteiger partial charge in [-0.25, -0.2) is 4.98 Å². The lowest BCUT2D eigenvalue weighted by molar-refractivity contribution is 0.414. The molecule has 5 heteroatoms. The Morgan fingerprint density at radius 1 is 1.54 bits per heavy atom. The van der Waals surface area contributed by atoms with Crippen LogP contribution in [0.4, 0.5) is 10.2 Å². The molecule has 0 aliphatic carbocycles. The van der Waals surface area contributed by atoms with Crippen molar-refractivity contribution >= 4 is 11.5 Å². The zero-order valence-corrected chi connectivity index (χ0v) is 6.99. The zero-order chi connectivity index (χ0) is 9.42. The van der Waals surface area contributed by atoms with Gasteiger partial charge >= 0.3 is 0 Å². The molecule has 2 heterocycles. The summed E-state index contributed by atoms with van der Waals surface area (Å²) in [5.74, 6) is 0.301. The first-order valence-electron chi connectivity index (χ1n) is 3.69. The molecule has 0 amide bonds. The highest BCUT2D eigenvalue weighted by atomic mass is 19.1. The Kier molecular flexibility index (Phi) is 1.58. The van der Waals surface area contributed by atoms with Gasteiger partial charge < -0.3 is 10.5 Å². The number of fused-ring (bicyclic) bond motifs is 1. The first-order chi connectivity index (χ1) is 6.24. The number of ether oxygens (including phenoxy) is 1. The van der Waals surface area contributed by atoms with E-state index in [9.17, 15) is 4.39 Å². The molecule has 0 saturated carbocycles. The maximum Gasteiger partial charge on any atom is 0.201 e. The van der Waals surface area contributed by atoms with Gasteiger partial charge in [0.15, 0.2) is 11.4 Å². The van der Waals surface area contributed by atoms with Gasteiger partial charge in [-0.15, -0.1) is 0 Å². The number of halogens is 1. The van der Waals surface area contributed by atoms with Crippen LogP contribution in [0.5, 0.6) is 5.75 Å². The predicted octanol–water partition coefficient (Wildman–Crippen LogP) is 1.06. The fraction of sp³-hybridized carbons (Fsp3) is 0.125. The van der Waals surface area contributed by atoms with Crippen LogP contribution in [-0.4, -0.2) is 16.5 Å². The Labute approximate surface area is 73.8 Å². The van der Waals surface area contributed by atoms with Gasteiger partial charge in [0.05, 0.1) is 13.3 Å². The fourth-order valence-electron chi connectivity index (χ4n) is 1.22. The predicted molar refractivity (Wildman–Crippen MR) is 46.1 cm³/mol. The number of imidazole rings is 1. The van der Waals surface area contributed by atoms with Gasteiger partial charge in [-0.3, -0.25) is 4.40 Å². The second kappa shape index (κ2) is 2.62. The SMILES string of the molecule is COc1ccc(F)n2c(N)cnc12. The first-order valence-corrected chi connectivity index (χ1v) is 3.69. The van der Waals surface area contributed by atoms with Crippen molar-refractivity contribution in [2.24, 2.45) is 0 Å². The van der Waals surface area contributed by atoms with Crippen LogP contribution in [-0.2, 0) is 0 Å². The molecule has 0 aromatic carbocycles. The third-order valence-corrected chi connectivity index (χ3v) is 1.82. The number of hydrogen-bond donors (Lipinski definition) is 1. The summed E-state index contributed by atoms with van der Waals surface area (Å²) in [5, 5.41) is 0. The summed E-state index contributed by atoms with van der Waals surface area (Å²) in [6, 6.07) is 2.79. The van der Waals surface area contributed by atoms with Crippen LogP contribution in [0.15, 0.2) is 18.3 Å². The topological polar surface area (TPSA) is 52.5 Å². The third kappa shape index (κ3) is 1.00. The standard InChI is InChI=1S/C8H8FN3O/c1-13-5-2-3-6(9)12-7(10)4-11-8(5)12/h2-4H,10H2,1H3. The van der Waals surface area contributed by atoms with Crippen LogP contribution in [0.1, 0.15) is 0 Å². The minimum Gasteiger partial charge on any atom is -0.493 e. The molecule has 0 bridgehead atoms. The number of nitrogens with zero attached hydrogens (tertiary/aromatic N) is 2. The van der Waals surface area contributed by atoms with Crippen LogP contribution in [0.2, 0.25) is 0 Å². The number of hydrogen-bond acceptors (Lipinski definition) is 3. The highest BCUT2D eigenvalue weighted by Gasteiger charge is 2.09. The Morgan fingerprint density at radius 2 is 2.31 bits per heavy atom. The molecule has 2 aromatic rings. The van der Waals surface area contributed by atoms with E-state index in [-0.39, 0.29) is 5.82 Å². The Balaban J connectivity index is 2.87. The van der Waals surface area contributed by atoms with Crippen molar-refractivity contribution in [2.75, 3.05) is 12.8 Å². The van der Waals surface area contributed by atoms with Crippen molar-refractivity contribution in [3.05, 3.63) is 24.3 Å². The number of methoxy groups -OCH3 is 1. The van der Waals surface area contributed by atoms with Crippen LogP contribution in [0.25, 0.3) is 5.65 Å². The average Bonchev–Trinajstić information content (AvgIpc) is 2.50. The first kappa shape index (κ1) is 7.85. The summed E-state index contributed by atoms with van der Waals surface area (Å²) >= 11 is 0. The maximum atomic E-state index is 13.2. The van der Waals surface area contributed by atoms with E-state index >= 15 is 0 Å². The molecule has 0 aliphatic rings. The molecule has 2 aromatic heterocycles. The van der Waals surface area contributed by atoms with E-state index in [4.69, 9.17) is 10.5 Å². The lowest BCUT2D eigenvalue weighted by atomic mass is 10.4. The van der Waals surface area contributed by atoms with Crippen molar-refractivity contribution in [3.8, 4) is 5.75 Å². The fourth-order valence-corrected chi connectivity index (χ4v) is 1.22. The minimum atomic E-state index is -0.453. The third-order valence-electron chi connectivity index (χ3n) is 1.82. The molecule has 0 spiro atoms. The molecule has 0 radical (unpaired) electrons. The number of anilines is 1. The normalized spacial score (nSPS) is 10.6. The van der Waals surface area contributed by atoms with E-state index in [1.807, 2.05) is 0 Å². The average molecular weight is 181 g/mol. The quantitative estimate of drug-likeness (QED) is 0.669. The summed E-state index contributed by atoms with van der Waals surface area (Å²) in [6.45, 7) is 0. The van der Waals surface area contributed by atoms with Crippen molar-refractivity contribution < 1.29 is 9.13 Å². The molecule has 0 aliphatic heterocycles. The van der Waals surface area contributed by atoms with Crippen LogP contribution >= 0.6 is 0 Å². The molecule has 0 saturated heterocycles. The summed E-state index contributed by atoms with van der Waals surface area (Å²) < 4.78 is 19.4. The number of rotatable bonds is 1. The number of aromatic nitrogens is 2. The van der Waals surface area contributed by atoms with E-state index in [0.717, 1.165) is 0 Å². The second-order valence-electron chi connectivity index (χ2n) is 2.57. The molecular formula is C8H8FN3O. The van der Waals surface area contributed by atoms with Crippen LogP contribution in [0.3, 0.4) is 0 Å². The molecular weight excluding hydrogens is 173 g/mol. The number of nitrogen functional groups attached to an aromatic ring is 1. The molecule has 68 valence electrons. The van der Waals surface area contributed by atoms with E-state index in [1.165, 1.54) is 29.8 Å². The van der Waals surface area contributed by atoms with E-state index in [0.29, 0.717) is 11.4 Å². The Bertz CT molecular complexity index is 452. The number of pyridine rings is 1. The highest BCUT2D eigenvalue weighted by Crippen LogP contribution is 2.21. The molecule has 2 rings (SSSR count). The van der Waals surface area contributed by atoms with Gasteiger partial charge in [0.25, 0.3) is 0 Å². The van der Waals surface area contributed by atoms with E-state index < -0.39 is 5.95 Å². The van der Waals surface area contributed by atoms with Crippen LogP contribution < -0.4 is 10.5 Å². The van der Waals surface area contributed by atoms with Gasteiger partial charge in [-0.1, -0.05) is 0 Å².